The van der Waals surface area contributed by atoms with Crippen LogP contribution in [0.15, 0.2) is 89.0 Å². The summed E-state index contributed by atoms with van der Waals surface area (Å²) in [6.07, 6.45) is 5.82. The molecule has 0 radical (unpaired) electrons. The molecule has 148 valence electrons. The number of allylic oxidation sites excluding steroid dienone is 2. The maximum absolute atomic E-state index is 13.5. The molecule has 0 saturated heterocycles. The number of nitrogens with zero attached hydrogens (tertiary/aromatic N) is 3. The molecule has 0 spiro atoms. The van der Waals surface area contributed by atoms with Crippen LogP contribution >= 0.6 is 0 Å². The number of sulfonamides is 1. The molecule has 2 aliphatic rings. The molecule has 1 amide bonds. The maximum atomic E-state index is 13.5. The average Bonchev–Trinajstić information content (AvgIpc) is 2.74. The fourth-order valence-electron chi connectivity index (χ4n) is 3.37. The molecule has 2 heterocycles. The van der Waals surface area contributed by atoms with Gasteiger partial charge in [0.1, 0.15) is 0 Å². The molecule has 0 aromatic heterocycles. The summed E-state index contributed by atoms with van der Waals surface area (Å²) in [6, 6.07) is 19.3. The van der Waals surface area contributed by atoms with E-state index in [9.17, 15) is 13.2 Å². The number of hydrogen-bond donors (Lipinski definition) is 0. The van der Waals surface area contributed by atoms with Crippen molar-refractivity contribution in [1.82, 2.24) is 4.90 Å². The van der Waals surface area contributed by atoms with Gasteiger partial charge >= 0.3 is 0 Å². The monoisotopic (exact) mass is 407 g/mol. The maximum Gasteiger partial charge on any atom is 0.262 e. The van der Waals surface area contributed by atoms with Crippen LogP contribution in [0.5, 0.6) is 0 Å². The number of anilines is 1. The van der Waals surface area contributed by atoms with E-state index in [4.69, 9.17) is 0 Å². The van der Waals surface area contributed by atoms with E-state index >= 15 is 0 Å². The molecule has 0 fully saturated rings. The molecule has 0 N–H and O–H groups in total. The molecule has 4 rings (SSSR count). The van der Waals surface area contributed by atoms with Gasteiger partial charge in [0, 0.05) is 25.0 Å². The standard InChI is InChI=1S/C22H21N3O3S/c26-22(20-12-7-14-24-16-17-29(27,28)23-21(20)24)25(19-10-5-2-6-11-19)15-13-18-8-3-1-4-9-18/h1-12,14H,13,15-17H2. The van der Waals surface area contributed by atoms with E-state index in [0.717, 1.165) is 11.3 Å². The number of rotatable bonds is 5. The minimum atomic E-state index is -3.56. The van der Waals surface area contributed by atoms with Crippen LogP contribution < -0.4 is 4.90 Å². The first-order chi connectivity index (χ1) is 14.0. The van der Waals surface area contributed by atoms with Crippen LogP contribution in [-0.2, 0) is 21.2 Å². The largest absolute Gasteiger partial charge is 0.331 e. The molecule has 0 aliphatic carbocycles. The zero-order chi connectivity index (χ0) is 20.3. The fraction of sp³-hybridized carbons (Fsp3) is 0.182. The molecule has 2 aromatic carbocycles. The van der Waals surface area contributed by atoms with Crippen molar-refractivity contribution in [2.24, 2.45) is 4.40 Å². The highest BCUT2D eigenvalue weighted by molar-refractivity contribution is 7.90. The Balaban J connectivity index is 1.66. The number of benzene rings is 2. The predicted octanol–water partition coefficient (Wildman–Crippen LogP) is 2.76. The highest BCUT2D eigenvalue weighted by Gasteiger charge is 2.32. The summed E-state index contributed by atoms with van der Waals surface area (Å²) in [5, 5.41) is 0. The van der Waals surface area contributed by atoms with E-state index in [0.29, 0.717) is 13.0 Å². The molecule has 0 bridgehead atoms. The van der Waals surface area contributed by atoms with Gasteiger partial charge in [-0.05, 0) is 36.3 Å². The Labute approximate surface area is 170 Å². The van der Waals surface area contributed by atoms with Crippen LogP contribution in [0.1, 0.15) is 5.56 Å². The Morgan fingerprint density at radius 3 is 2.45 bits per heavy atom. The Morgan fingerprint density at radius 1 is 1.03 bits per heavy atom. The topological polar surface area (TPSA) is 70.0 Å². The second-order valence-corrected chi connectivity index (χ2v) is 8.60. The predicted molar refractivity (Wildman–Crippen MR) is 114 cm³/mol. The van der Waals surface area contributed by atoms with E-state index < -0.39 is 10.0 Å². The molecule has 6 nitrogen and oxygen atoms in total. The summed E-state index contributed by atoms with van der Waals surface area (Å²) < 4.78 is 27.9. The first-order valence-electron chi connectivity index (χ1n) is 9.42. The molecule has 7 heteroatoms. The lowest BCUT2D eigenvalue weighted by molar-refractivity contribution is -0.114. The SMILES string of the molecule is O=C(C1=CC=CN2CCS(=O)(=O)N=C12)N(CCc1ccccc1)c1ccccc1. The van der Waals surface area contributed by atoms with Crippen LogP contribution in [0, 0.1) is 0 Å². The van der Waals surface area contributed by atoms with Gasteiger partial charge in [-0.1, -0.05) is 48.5 Å². The van der Waals surface area contributed by atoms with Crippen molar-refractivity contribution < 1.29 is 13.2 Å². The highest BCUT2D eigenvalue weighted by Crippen LogP contribution is 2.23. The van der Waals surface area contributed by atoms with Crippen LogP contribution in [0.3, 0.4) is 0 Å². The number of para-hydroxylation sites is 1. The van der Waals surface area contributed by atoms with Crippen LogP contribution in [-0.4, -0.2) is 43.9 Å². The number of carbonyl (C=O) groups excluding carboxylic acids is 1. The number of amidine groups is 1. The second kappa shape index (κ2) is 8.05. The molecule has 2 aromatic rings. The van der Waals surface area contributed by atoms with Gasteiger partial charge in [0.25, 0.3) is 15.9 Å². The van der Waals surface area contributed by atoms with Gasteiger partial charge in [-0.2, -0.15) is 0 Å². The van der Waals surface area contributed by atoms with Gasteiger partial charge in [-0.3, -0.25) is 4.79 Å². The number of amides is 1. The normalized spacial score (nSPS) is 17.2. The minimum absolute atomic E-state index is 0.0568. The van der Waals surface area contributed by atoms with Crippen LogP contribution in [0.4, 0.5) is 5.69 Å². The van der Waals surface area contributed by atoms with Crippen LogP contribution in [0.2, 0.25) is 0 Å². The van der Waals surface area contributed by atoms with Crippen molar-refractivity contribution in [3.05, 3.63) is 90.2 Å². The molecule has 0 unspecified atom stereocenters. The average molecular weight is 407 g/mol. The summed E-state index contributed by atoms with van der Waals surface area (Å²) in [7, 11) is -3.56. The Bertz CT molecular complexity index is 1090. The van der Waals surface area contributed by atoms with Crippen molar-refractivity contribution in [1.29, 1.82) is 0 Å². The van der Waals surface area contributed by atoms with Gasteiger partial charge in [0.15, 0.2) is 5.84 Å². The zero-order valence-electron chi connectivity index (χ0n) is 15.8. The number of hydrogen-bond acceptors (Lipinski definition) is 4. The van der Waals surface area contributed by atoms with Crippen molar-refractivity contribution in [2.45, 2.75) is 6.42 Å². The minimum Gasteiger partial charge on any atom is -0.331 e. The quantitative estimate of drug-likeness (QED) is 0.764. The zero-order valence-corrected chi connectivity index (χ0v) is 16.6. The van der Waals surface area contributed by atoms with E-state index in [1.165, 1.54) is 0 Å². The third kappa shape index (κ3) is 4.30. The number of carbonyl (C=O) groups is 1. The first-order valence-corrected chi connectivity index (χ1v) is 11.0. The molecular formula is C22H21N3O3S. The van der Waals surface area contributed by atoms with Crippen LogP contribution in [0.25, 0.3) is 0 Å². The lowest BCUT2D eigenvalue weighted by Gasteiger charge is -2.31. The third-order valence-corrected chi connectivity index (χ3v) is 6.02. The van der Waals surface area contributed by atoms with Gasteiger partial charge in [0.05, 0.1) is 11.3 Å². The molecule has 0 atom stereocenters. The summed E-state index contributed by atoms with van der Waals surface area (Å²) in [5.74, 6) is -0.125. The summed E-state index contributed by atoms with van der Waals surface area (Å²) >= 11 is 0. The second-order valence-electron chi connectivity index (χ2n) is 6.84. The first kappa shape index (κ1) is 19.1. The third-order valence-electron chi connectivity index (χ3n) is 4.87. The summed E-state index contributed by atoms with van der Waals surface area (Å²) in [4.78, 5) is 16.9. The van der Waals surface area contributed by atoms with Gasteiger partial charge in [0.2, 0.25) is 0 Å². The molecule has 0 saturated carbocycles. The molecule has 2 aliphatic heterocycles. The molecular weight excluding hydrogens is 386 g/mol. The highest BCUT2D eigenvalue weighted by atomic mass is 32.2. The summed E-state index contributed by atoms with van der Waals surface area (Å²) in [5.41, 5.74) is 2.17. The van der Waals surface area contributed by atoms with E-state index in [-0.39, 0.29) is 29.6 Å². The van der Waals surface area contributed by atoms with Gasteiger partial charge in [-0.15, -0.1) is 4.40 Å². The lowest BCUT2D eigenvalue weighted by Crippen LogP contribution is -2.44. The fourth-order valence-corrected chi connectivity index (χ4v) is 4.36. The van der Waals surface area contributed by atoms with Crippen molar-refractivity contribution in [2.75, 3.05) is 23.7 Å². The van der Waals surface area contributed by atoms with E-state index in [1.807, 2.05) is 60.7 Å². The van der Waals surface area contributed by atoms with Crippen molar-refractivity contribution in [3.8, 4) is 0 Å². The van der Waals surface area contributed by atoms with Crippen molar-refractivity contribution >= 4 is 27.5 Å². The van der Waals surface area contributed by atoms with E-state index in [2.05, 4.69) is 4.40 Å². The lowest BCUT2D eigenvalue weighted by atomic mass is 10.1. The Morgan fingerprint density at radius 2 is 1.72 bits per heavy atom. The smallest absolute Gasteiger partial charge is 0.262 e. The van der Waals surface area contributed by atoms with Gasteiger partial charge < -0.3 is 9.80 Å². The number of fused-ring (bicyclic) bond motifs is 1. The summed E-state index contributed by atoms with van der Waals surface area (Å²) in [6.45, 7) is 0.756. The Hall–Kier alpha value is -3.19. The van der Waals surface area contributed by atoms with E-state index in [1.54, 1.807) is 28.2 Å². The van der Waals surface area contributed by atoms with Crippen molar-refractivity contribution in [3.63, 3.8) is 0 Å². The Kier molecular flexibility index (Phi) is 5.31. The molecule has 29 heavy (non-hydrogen) atoms. The van der Waals surface area contributed by atoms with Gasteiger partial charge in [-0.25, -0.2) is 8.42 Å².